The van der Waals surface area contributed by atoms with E-state index in [0.717, 1.165) is 5.56 Å². The molecule has 1 aromatic heterocycles. The molecule has 128 valence electrons. The lowest BCUT2D eigenvalue weighted by Gasteiger charge is -2.07. The first-order valence-electron chi connectivity index (χ1n) is 7.26. The largest absolute Gasteiger partial charge is 0.325 e. The van der Waals surface area contributed by atoms with Crippen molar-refractivity contribution in [2.75, 3.05) is 11.1 Å². The number of tetrazole rings is 1. The van der Waals surface area contributed by atoms with E-state index in [1.807, 2.05) is 19.1 Å². The van der Waals surface area contributed by atoms with Crippen LogP contribution in [-0.4, -0.2) is 31.9 Å². The van der Waals surface area contributed by atoms with Crippen molar-refractivity contribution in [3.05, 3.63) is 58.9 Å². The number of aryl methyl sites for hydroxylation is 1. The van der Waals surface area contributed by atoms with Gasteiger partial charge in [-0.3, -0.25) is 4.79 Å². The molecule has 0 radical (unpaired) electrons. The van der Waals surface area contributed by atoms with Crippen LogP contribution in [0.3, 0.4) is 0 Å². The van der Waals surface area contributed by atoms with Crippen LogP contribution in [-0.2, 0) is 4.79 Å². The van der Waals surface area contributed by atoms with Gasteiger partial charge in [0.2, 0.25) is 11.1 Å². The van der Waals surface area contributed by atoms with Crippen LogP contribution in [0.25, 0.3) is 5.69 Å². The van der Waals surface area contributed by atoms with E-state index in [1.165, 1.54) is 40.7 Å². The van der Waals surface area contributed by atoms with Gasteiger partial charge in [-0.1, -0.05) is 29.4 Å². The van der Waals surface area contributed by atoms with Crippen LogP contribution in [0.2, 0.25) is 5.02 Å². The second-order valence-electron chi connectivity index (χ2n) is 5.15. The third kappa shape index (κ3) is 4.34. The summed E-state index contributed by atoms with van der Waals surface area (Å²) in [5.74, 6) is -0.492. The van der Waals surface area contributed by atoms with E-state index in [9.17, 15) is 9.18 Å². The summed E-state index contributed by atoms with van der Waals surface area (Å²) in [6.45, 7) is 1.90. The zero-order chi connectivity index (χ0) is 17.8. The molecule has 0 spiro atoms. The molecule has 0 aliphatic heterocycles. The molecule has 1 amide bonds. The second kappa shape index (κ2) is 7.62. The van der Waals surface area contributed by atoms with Gasteiger partial charge in [0.25, 0.3) is 0 Å². The standard InChI is InChI=1S/C16H13ClFN5OS/c1-10-2-7-13(8-14(10)17)23-16(20-21-22-23)25-9-15(24)19-12-5-3-11(18)4-6-12/h2-8H,9H2,1H3,(H,19,24). The molecule has 9 heteroatoms. The van der Waals surface area contributed by atoms with Gasteiger partial charge in [-0.05, 0) is 59.3 Å². The Kier molecular flexibility index (Phi) is 5.30. The zero-order valence-electron chi connectivity index (χ0n) is 13.1. The van der Waals surface area contributed by atoms with Crippen LogP contribution in [0.4, 0.5) is 10.1 Å². The molecule has 0 unspecified atom stereocenters. The second-order valence-corrected chi connectivity index (χ2v) is 6.50. The van der Waals surface area contributed by atoms with Crippen molar-refractivity contribution in [1.29, 1.82) is 0 Å². The van der Waals surface area contributed by atoms with E-state index < -0.39 is 0 Å². The van der Waals surface area contributed by atoms with Gasteiger partial charge in [0.05, 0.1) is 11.4 Å². The third-order valence-corrected chi connectivity index (χ3v) is 4.63. The molecule has 3 rings (SSSR count). The van der Waals surface area contributed by atoms with Crippen molar-refractivity contribution in [2.24, 2.45) is 0 Å². The first-order chi connectivity index (χ1) is 12.0. The number of anilines is 1. The third-order valence-electron chi connectivity index (χ3n) is 3.30. The maximum Gasteiger partial charge on any atom is 0.234 e. The van der Waals surface area contributed by atoms with E-state index in [0.29, 0.717) is 21.6 Å². The average Bonchev–Trinajstić information content (AvgIpc) is 3.06. The monoisotopic (exact) mass is 377 g/mol. The molecule has 3 aromatic rings. The highest BCUT2D eigenvalue weighted by atomic mass is 35.5. The fourth-order valence-corrected chi connectivity index (χ4v) is 2.87. The van der Waals surface area contributed by atoms with Gasteiger partial charge in [-0.25, -0.2) is 4.39 Å². The van der Waals surface area contributed by atoms with Crippen molar-refractivity contribution in [3.8, 4) is 5.69 Å². The Morgan fingerprint density at radius 2 is 2.04 bits per heavy atom. The SMILES string of the molecule is Cc1ccc(-n2nnnc2SCC(=O)Nc2ccc(F)cc2)cc1Cl. The van der Waals surface area contributed by atoms with Crippen molar-refractivity contribution < 1.29 is 9.18 Å². The fraction of sp³-hybridized carbons (Fsp3) is 0.125. The molecule has 0 saturated carbocycles. The van der Waals surface area contributed by atoms with Crippen LogP contribution < -0.4 is 5.32 Å². The number of nitrogens with one attached hydrogen (secondary N) is 1. The van der Waals surface area contributed by atoms with E-state index in [1.54, 1.807) is 6.07 Å². The Labute approximate surface area is 152 Å². The van der Waals surface area contributed by atoms with Crippen molar-refractivity contribution in [3.63, 3.8) is 0 Å². The number of hydrogen-bond donors (Lipinski definition) is 1. The van der Waals surface area contributed by atoms with Gasteiger partial charge in [0.15, 0.2) is 0 Å². The molecular formula is C16H13ClFN5OS. The predicted molar refractivity (Wildman–Crippen MR) is 94.7 cm³/mol. The number of carbonyl (C=O) groups is 1. The zero-order valence-corrected chi connectivity index (χ0v) is 14.7. The summed E-state index contributed by atoms with van der Waals surface area (Å²) in [5.41, 5.74) is 2.19. The van der Waals surface area contributed by atoms with Crippen molar-refractivity contribution >= 4 is 35.0 Å². The highest BCUT2D eigenvalue weighted by Gasteiger charge is 2.12. The van der Waals surface area contributed by atoms with Gasteiger partial charge in [0.1, 0.15) is 5.82 Å². The molecule has 0 bridgehead atoms. The number of rotatable bonds is 5. The van der Waals surface area contributed by atoms with E-state index in [-0.39, 0.29) is 17.5 Å². The Bertz CT molecular complexity index is 900. The number of halogens is 2. The maximum absolute atomic E-state index is 12.9. The van der Waals surface area contributed by atoms with Gasteiger partial charge < -0.3 is 5.32 Å². The van der Waals surface area contributed by atoms with E-state index in [2.05, 4.69) is 20.8 Å². The minimum Gasteiger partial charge on any atom is -0.325 e. The summed E-state index contributed by atoms with van der Waals surface area (Å²) in [4.78, 5) is 12.0. The van der Waals surface area contributed by atoms with Gasteiger partial charge >= 0.3 is 0 Å². The number of hydrogen-bond acceptors (Lipinski definition) is 5. The first kappa shape index (κ1) is 17.4. The van der Waals surface area contributed by atoms with Gasteiger partial charge in [-0.2, -0.15) is 4.68 Å². The number of aromatic nitrogens is 4. The molecule has 0 fully saturated rings. The molecular weight excluding hydrogens is 365 g/mol. The topological polar surface area (TPSA) is 72.7 Å². The molecule has 0 atom stereocenters. The Balaban J connectivity index is 1.66. The number of nitrogens with zero attached hydrogens (tertiary/aromatic N) is 4. The lowest BCUT2D eigenvalue weighted by Crippen LogP contribution is -2.14. The van der Waals surface area contributed by atoms with Crippen LogP contribution in [0.1, 0.15) is 5.56 Å². The summed E-state index contributed by atoms with van der Waals surface area (Å²) < 4.78 is 14.4. The summed E-state index contributed by atoms with van der Waals surface area (Å²) >= 11 is 7.32. The average molecular weight is 378 g/mol. The molecule has 0 saturated heterocycles. The van der Waals surface area contributed by atoms with E-state index >= 15 is 0 Å². The van der Waals surface area contributed by atoms with Crippen LogP contribution in [0.5, 0.6) is 0 Å². The lowest BCUT2D eigenvalue weighted by molar-refractivity contribution is -0.113. The first-order valence-corrected chi connectivity index (χ1v) is 8.62. The summed E-state index contributed by atoms with van der Waals surface area (Å²) in [6, 6.07) is 11.0. The highest BCUT2D eigenvalue weighted by Crippen LogP contribution is 2.23. The maximum atomic E-state index is 12.9. The molecule has 1 N–H and O–H groups in total. The summed E-state index contributed by atoms with van der Waals surface area (Å²) in [5, 5.41) is 15.3. The van der Waals surface area contributed by atoms with Crippen LogP contribution >= 0.6 is 23.4 Å². The van der Waals surface area contributed by atoms with Gasteiger partial charge in [0, 0.05) is 10.7 Å². The number of carbonyl (C=O) groups excluding carboxylic acids is 1. The molecule has 0 aliphatic carbocycles. The van der Waals surface area contributed by atoms with Crippen LogP contribution in [0.15, 0.2) is 47.6 Å². The minimum atomic E-state index is -0.358. The number of benzene rings is 2. The Hall–Kier alpha value is -2.45. The van der Waals surface area contributed by atoms with Gasteiger partial charge in [-0.15, -0.1) is 5.10 Å². The van der Waals surface area contributed by atoms with Crippen molar-refractivity contribution in [1.82, 2.24) is 20.2 Å². The smallest absolute Gasteiger partial charge is 0.234 e. The molecule has 1 heterocycles. The molecule has 6 nitrogen and oxygen atoms in total. The highest BCUT2D eigenvalue weighted by molar-refractivity contribution is 7.99. The number of thioether (sulfide) groups is 1. The molecule has 25 heavy (non-hydrogen) atoms. The quantitative estimate of drug-likeness (QED) is 0.689. The minimum absolute atomic E-state index is 0.108. The lowest BCUT2D eigenvalue weighted by atomic mass is 10.2. The normalized spacial score (nSPS) is 10.7. The predicted octanol–water partition coefficient (Wildman–Crippen LogP) is 3.49. The molecule has 0 aliphatic rings. The summed E-state index contributed by atoms with van der Waals surface area (Å²) in [6.07, 6.45) is 0. The van der Waals surface area contributed by atoms with Crippen molar-refractivity contribution in [2.45, 2.75) is 12.1 Å². The number of amides is 1. The summed E-state index contributed by atoms with van der Waals surface area (Å²) in [7, 11) is 0. The molecule has 2 aromatic carbocycles. The Morgan fingerprint density at radius 3 is 2.76 bits per heavy atom. The Morgan fingerprint density at radius 1 is 1.28 bits per heavy atom. The van der Waals surface area contributed by atoms with Crippen LogP contribution in [0, 0.1) is 12.7 Å². The fourth-order valence-electron chi connectivity index (χ4n) is 2.00. The van der Waals surface area contributed by atoms with E-state index in [4.69, 9.17) is 11.6 Å².